The van der Waals surface area contributed by atoms with Gasteiger partial charge < -0.3 is 15.3 Å². The topological polar surface area (TPSA) is 63.9 Å². The second kappa shape index (κ2) is 15.6. The number of nitrogens with zero attached hydrogens (tertiary/aromatic N) is 1. The van der Waals surface area contributed by atoms with E-state index in [1.54, 1.807) is 11.8 Å². The van der Waals surface area contributed by atoms with Gasteiger partial charge in [-0.05, 0) is 12.2 Å². The van der Waals surface area contributed by atoms with E-state index in [-0.39, 0.29) is 19.3 Å². The summed E-state index contributed by atoms with van der Waals surface area (Å²) < 4.78 is 0. The summed E-state index contributed by atoms with van der Waals surface area (Å²) in [6.07, 6.45) is 7.47. The van der Waals surface area contributed by atoms with Gasteiger partial charge in [0.15, 0.2) is 0 Å². The minimum atomic E-state index is -0.377. The molecule has 0 aliphatic rings. The van der Waals surface area contributed by atoms with E-state index in [2.05, 4.69) is 6.92 Å². The molecule has 0 amide bonds. The minimum Gasteiger partial charge on any atom is -0.395 e. The summed E-state index contributed by atoms with van der Waals surface area (Å²) in [5.74, 6) is 1.85. The lowest BCUT2D eigenvalue weighted by atomic mass is 10.1. The molecule has 0 radical (unpaired) electrons. The Balaban J connectivity index is 3.44. The van der Waals surface area contributed by atoms with Crippen molar-refractivity contribution in [3.63, 3.8) is 0 Å². The minimum absolute atomic E-state index is 0.0671. The Morgan fingerprint density at radius 3 is 2.15 bits per heavy atom. The van der Waals surface area contributed by atoms with Crippen LogP contribution in [0.15, 0.2) is 0 Å². The first-order valence-corrected chi connectivity index (χ1v) is 9.09. The molecule has 0 aromatic rings. The number of hydrogen-bond acceptors (Lipinski definition) is 5. The Morgan fingerprint density at radius 2 is 1.55 bits per heavy atom. The lowest BCUT2D eigenvalue weighted by Gasteiger charge is -2.23. The molecule has 4 nitrogen and oxygen atoms in total. The molecule has 0 heterocycles. The van der Waals surface area contributed by atoms with Crippen LogP contribution in [0.3, 0.4) is 0 Å². The van der Waals surface area contributed by atoms with Gasteiger partial charge in [-0.15, -0.1) is 0 Å². The van der Waals surface area contributed by atoms with Crippen LogP contribution in [-0.2, 0) is 0 Å². The van der Waals surface area contributed by atoms with E-state index in [4.69, 9.17) is 10.2 Å². The molecule has 0 aromatic heterocycles. The van der Waals surface area contributed by atoms with Gasteiger partial charge in [0.1, 0.15) is 0 Å². The lowest BCUT2D eigenvalue weighted by molar-refractivity contribution is 0.0995. The largest absolute Gasteiger partial charge is 0.395 e. The van der Waals surface area contributed by atoms with E-state index in [9.17, 15) is 5.11 Å². The first-order valence-electron chi connectivity index (χ1n) is 7.94. The number of aliphatic hydroxyl groups is 3. The van der Waals surface area contributed by atoms with Gasteiger partial charge >= 0.3 is 0 Å². The second-order valence-corrected chi connectivity index (χ2v) is 6.39. The molecule has 0 saturated carbocycles. The highest BCUT2D eigenvalue weighted by Gasteiger charge is 2.10. The molecule has 122 valence electrons. The maximum Gasteiger partial charge on any atom is 0.0757 e. The molecule has 20 heavy (non-hydrogen) atoms. The number of thioether (sulfide) groups is 1. The summed E-state index contributed by atoms with van der Waals surface area (Å²) in [7, 11) is 0. The molecule has 1 atom stereocenters. The average molecular weight is 308 g/mol. The quantitative estimate of drug-likeness (QED) is 0.402. The molecule has 1 unspecified atom stereocenters. The predicted molar refractivity (Wildman–Crippen MR) is 87.3 cm³/mol. The van der Waals surface area contributed by atoms with E-state index >= 15 is 0 Å². The van der Waals surface area contributed by atoms with Crippen LogP contribution in [0.5, 0.6) is 0 Å². The summed E-state index contributed by atoms with van der Waals surface area (Å²) >= 11 is 1.80. The Labute approximate surface area is 128 Å². The van der Waals surface area contributed by atoms with Crippen LogP contribution in [-0.4, -0.2) is 70.7 Å². The molecule has 0 spiro atoms. The smallest absolute Gasteiger partial charge is 0.0757 e. The average Bonchev–Trinajstić information content (AvgIpc) is 2.42. The van der Waals surface area contributed by atoms with Crippen molar-refractivity contribution in [1.29, 1.82) is 0 Å². The van der Waals surface area contributed by atoms with Crippen LogP contribution >= 0.6 is 11.8 Å². The molecule has 0 rings (SSSR count). The van der Waals surface area contributed by atoms with Crippen molar-refractivity contribution in [2.24, 2.45) is 0 Å². The van der Waals surface area contributed by atoms with Crippen LogP contribution in [0.1, 0.15) is 45.4 Å². The van der Waals surface area contributed by atoms with Crippen molar-refractivity contribution in [3.8, 4) is 0 Å². The van der Waals surface area contributed by atoms with Gasteiger partial charge in [0.05, 0.1) is 19.3 Å². The third kappa shape index (κ3) is 13.2. The lowest BCUT2D eigenvalue weighted by Crippen LogP contribution is -2.37. The second-order valence-electron chi connectivity index (χ2n) is 5.24. The highest BCUT2D eigenvalue weighted by molar-refractivity contribution is 7.99. The summed E-state index contributed by atoms with van der Waals surface area (Å²) in [6, 6.07) is 0. The molecule has 0 saturated heterocycles. The molecule has 0 aromatic carbocycles. The molecular formula is C15H33NO3S. The van der Waals surface area contributed by atoms with Crippen molar-refractivity contribution < 1.29 is 15.3 Å². The molecule has 5 heteroatoms. The summed E-state index contributed by atoms with van der Waals surface area (Å²) in [5.41, 5.74) is 0. The molecule has 0 bridgehead atoms. The van der Waals surface area contributed by atoms with Gasteiger partial charge in [-0.3, -0.25) is 4.90 Å². The van der Waals surface area contributed by atoms with Crippen molar-refractivity contribution in [2.45, 2.75) is 51.6 Å². The molecular weight excluding hydrogens is 274 g/mol. The van der Waals surface area contributed by atoms with E-state index in [0.717, 1.165) is 11.5 Å². The van der Waals surface area contributed by atoms with Crippen molar-refractivity contribution >= 4 is 11.8 Å². The van der Waals surface area contributed by atoms with Gasteiger partial charge in [-0.2, -0.15) is 11.8 Å². The number of aliphatic hydroxyl groups excluding tert-OH is 3. The van der Waals surface area contributed by atoms with E-state index < -0.39 is 0 Å². The van der Waals surface area contributed by atoms with Crippen molar-refractivity contribution in [2.75, 3.05) is 44.4 Å². The predicted octanol–water partition coefficient (Wildman–Crippen LogP) is 1.73. The van der Waals surface area contributed by atoms with Gasteiger partial charge in [0.2, 0.25) is 0 Å². The first kappa shape index (κ1) is 20.2. The van der Waals surface area contributed by atoms with Crippen LogP contribution in [0, 0.1) is 0 Å². The highest BCUT2D eigenvalue weighted by Crippen LogP contribution is 2.11. The molecule has 3 N–H and O–H groups in total. The van der Waals surface area contributed by atoms with Crippen molar-refractivity contribution in [1.82, 2.24) is 4.90 Å². The number of rotatable bonds is 15. The zero-order valence-corrected chi connectivity index (χ0v) is 13.8. The van der Waals surface area contributed by atoms with Crippen LogP contribution in [0.2, 0.25) is 0 Å². The summed E-state index contributed by atoms with van der Waals surface area (Å²) in [4.78, 5) is 1.90. The zero-order chi connectivity index (χ0) is 15.1. The highest BCUT2D eigenvalue weighted by atomic mass is 32.2. The standard InChI is InChI=1S/C15H33NO3S/c1-2-3-4-5-6-7-12-20-14-15(19)13-16(8-10-17)9-11-18/h15,17-19H,2-14H2,1H3. The Bertz CT molecular complexity index is 190. The van der Waals surface area contributed by atoms with Crippen LogP contribution < -0.4 is 0 Å². The van der Waals surface area contributed by atoms with Gasteiger partial charge in [-0.25, -0.2) is 0 Å². The summed E-state index contributed by atoms with van der Waals surface area (Å²) in [6.45, 7) is 3.92. The molecule has 0 aliphatic carbocycles. The van der Waals surface area contributed by atoms with E-state index in [1.807, 2.05) is 4.90 Å². The fourth-order valence-electron chi connectivity index (χ4n) is 2.13. The third-order valence-electron chi connectivity index (χ3n) is 3.25. The third-order valence-corrected chi connectivity index (χ3v) is 4.45. The maximum absolute atomic E-state index is 9.92. The summed E-state index contributed by atoms with van der Waals surface area (Å²) in [5, 5.41) is 27.7. The van der Waals surface area contributed by atoms with Gasteiger partial charge in [0.25, 0.3) is 0 Å². The number of unbranched alkanes of at least 4 members (excludes halogenated alkanes) is 5. The molecule has 0 aliphatic heterocycles. The van der Waals surface area contributed by atoms with Gasteiger partial charge in [-0.1, -0.05) is 39.0 Å². The van der Waals surface area contributed by atoms with E-state index in [0.29, 0.717) is 19.6 Å². The van der Waals surface area contributed by atoms with Crippen molar-refractivity contribution in [3.05, 3.63) is 0 Å². The van der Waals surface area contributed by atoms with E-state index in [1.165, 1.54) is 38.5 Å². The fraction of sp³-hybridized carbons (Fsp3) is 1.00. The monoisotopic (exact) mass is 307 g/mol. The normalized spacial score (nSPS) is 13.1. The fourth-order valence-corrected chi connectivity index (χ4v) is 3.08. The maximum atomic E-state index is 9.92. The first-order chi connectivity index (χ1) is 9.74. The zero-order valence-electron chi connectivity index (χ0n) is 13.0. The Hall–Kier alpha value is 0.190. The SMILES string of the molecule is CCCCCCCCSCC(O)CN(CCO)CCO. The number of hydrogen-bond donors (Lipinski definition) is 3. The Morgan fingerprint density at radius 1 is 0.950 bits per heavy atom. The Kier molecular flexibility index (Phi) is 15.7. The van der Waals surface area contributed by atoms with Crippen LogP contribution in [0.25, 0.3) is 0 Å². The van der Waals surface area contributed by atoms with Gasteiger partial charge in [0, 0.05) is 25.4 Å². The molecule has 0 fully saturated rings. The van der Waals surface area contributed by atoms with Crippen LogP contribution in [0.4, 0.5) is 0 Å².